The molecule has 1 aromatic heterocycles. The molecular formula is C25H20ClF3N2O5S. The Balaban J connectivity index is 2.04. The average Bonchev–Trinajstić information content (AvgIpc) is 3.18. The molecule has 0 aliphatic carbocycles. The molecule has 0 N–H and O–H groups in total. The summed E-state index contributed by atoms with van der Waals surface area (Å²) >= 11 is 6.75. The summed E-state index contributed by atoms with van der Waals surface area (Å²) in [6, 6.07) is 9.31. The third kappa shape index (κ3) is 5.14. The molecule has 1 atom stereocenters. The number of allylic oxidation sites excluding steroid dienone is 1. The van der Waals surface area contributed by atoms with Crippen molar-refractivity contribution in [3.8, 4) is 11.5 Å². The van der Waals surface area contributed by atoms with Crippen LogP contribution in [0.25, 0.3) is 6.08 Å². The summed E-state index contributed by atoms with van der Waals surface area (Å²) in [6.45, 7) is 1.31. The van der Waals surface area contributed by atoms with Crippen molar-refractivity contribution < 1.29 is 32.2 Å². The topological polar surface area (TPSA) is 79.1 Å². The summed E-state index contributed by atoms with van der Waals surface area (Å²) < 4.78 is 59.2. The van der Waals surface area contributed by atoms with E-state index in [1.807, 2.05) is 0 Å². The molecule has 0 unspecified atom stereocenters. The molecule has 1 aliphatic rings. The molecule has 0 fully saturated rings. The van der Waals surface area contributed by atoms with Crippen LogP contribution in [-0.2, 0) is 9.53 Å². The van der Waals surface area contributed by atoms with Gasteiger partial charge in [0, 0.05) is 16.7 Å². The number of carbonyl (C=O) groups is 1. The first-order valence-electron chi connectivity index (χ1n) is 10.9. The third-order valence-electron chi connectivity index (χ3n) is 5.51. The van der Waals surface area contributed by atoms with Crippen LogP contribution in [0.1, 0.15) is 24.1 Å². The second kappa shape index (κ2) is 10.4. The third-order valence-corrected chi connectivity index (χ3v) is 6.74. The Labute approximate surface area is 217 Å². The van der Waals surface area contributed by atoms with Crippen LogP contribution < -0.4 is 24.4 Å². The highest BCUT2D eigenvalue weighted by molar-refractivity contribution is 7.07. The van der Waals surface area contributed by atoms with Gasteiger partial charge in [-0.15, -0.1) is 0 Å². The van der Waals surface area contributed by atoms with Crippen LogP contribution in [0, 0.1) is 0 Å². The Morgan fingerprint density at radius 2 is 1.86 bits per heavy atom. The smallest absolute Gasteiger partial charge is 0.434 e. The minimum atomic E-state index is -4.98. The van der Waals surface area contributed by atoms with E-state index in [-0.39, 0.29) is 21.5 Å². The van der Waals surface area contributed by atoms with Gasteiger partial charge in [0.2, 0.25) is 0 Å². The molecule has 12 heteroatoms. The zero-order valence-electron chi connectivity index (χ0n) is 19.8. The van der Waals surface area contributed by atoms with Crippen molar-refractivity contribution in [1.29, 1.82) is 0 Å². The van der Waals surface area contributed by atoms with Gasteiger partial charge in [-0.05, 0) is 42.8 Å². The van der Waals surface area contributed by atoms with Gasteiger partial charge in [-0.2, -0.15) is 13.2 Å². The van der Waals surface area contributed by atoms with Crippen molar-refractivity contribution in [2.45, 2.75) is 19.1 Å². The number of ether oxygens (including phenoxy) is 3. The van der Waals surface area contributed by atoms with Gasteiger partial charge in [0.15, 0.2) is 10.5 Å². The van der Waals surface area contributed by atoms with Gasteiger partial charge in [-0.3, -0.25) is 9.36 Å². The van der Waals surface area contributed by atoms with E-state index in [1.54, 1.807) is 18.2 Å². The van der Waals surface area contributed by atoms with Crippen molar-refractivity contribution in [3.63, 3.8) is 0 Å². The number of nitrogens with zero attached hydrogens (tertiary/aromatic N) is 2. The highest BCUT2D eigenvalue weighted by atomic mass is 35.5. The zero-order valence-corrected chi connectivity index (χ0v) is 21.3. The molecule has 3 aromatic rings. The van der Waals surface area contributed by atoms with Crippen molar-refractivity contribution in [3.05, 3.63) is 89.6 Å². The summed E-state index contributed by atoms with van der Waals surface area (Å²) in [5.41, 5.74) is -2.10. The summed E-state index contributed by atoms with van der Waals surface area (Å²) in [5, 5.41) is 0.334. The average molecular weight is 553 g/mol. The van der Waals surface area contributed by atoms with E-state index in [0.717, 1.165) is 15.9 Å². The molecule has 0 saturated carbocycles. The quantitative estimate of drug-likeness (QED) is 0.432. The number of alkyl halides is 3. The number of thiazole rings is 1. The Kier molecular flexibility index (Phi) is 7.47. The fraction of sp³-hybridized carbons (Fsp3) is 0.240. The molecule has 4 rings (SSSR count). The van der Waals surface area contributed by atoms with Crippen molar-refractivity contribution in [2.75, 3.05) is 20.8 Å². The second-order valence-corrected chi connectivity index (χ2v) is 9.17. The van der Waals surface area contributed by atoms with E-state index in [1.165, 1.54) is 51.5 Å². The second-order valence-electron chi connectivity index (χ2n) is 7.72. The maximum absolute atomic E-state index is 14.2. The van der Waals surface area contributed by atoms with Crippen LogP contribution in [0.2, 0.25) is 5.02 Å². The minimum absolute atomic E-state index is 0.0906. The molecule has 1 aliphatic heterocycles. The molecule has 37 heavy (non-hydrogen) atoms. The fourth-order valence-electron chi connectivity index (χ4n) is 3.88. The zero-order chi connectivity index (χ0) is 26.9. The lowest BCUT2D eigenvalue weighted by molar-refractivity contribution is -0.140. The standard InChI is InChI=1S/C25H20ClF3N2O5S/c1-4-36-23(33)19-20(13-5-8-15(26)9-6-13)31-22(32)18(37-24(31)30-21(19)25(27,28)29)11-14-7-10-16(34-2)12-17(14)35-3/h5-12,20H,4H2,1-3H3/b18-11-/t20-/m0/s1. The molecule has 2 heterocycles. The van der Waals surface area contributed by atoms with Gasteiger partial charge in [0.25, 0.3) is 5.56 Å². The Morgan fingerprint density at radius 3 is 2.46 bits per heavy atom. The number of hydrogen-bond donors (Lipinski definition) is 0. The normalized spacial score (nSPS) is 15.8. The van der Waals surface area contributed by atoms with Crippen LogP contribution >= 0.6 is 22.9 Å². The highest BCUT2D eigenvalue weighted by Gasteiger charge is 2.45. The molecule has 0 radical (unpaired) electrons. The molecule has 0 amide bonds. The maximum Gasteiger partial charge on any atom is 0.434 e. The molecule has 0 saturated heterocycles. The minimum Gasteiger partial charge on any atom is -0.497 e. The van der Waals surface area contributed by atoms with E-state index in [2.05, 4.69) is 4.99 Å². The lowest BCUT2D eigenvalue weighted by atomic mass is 9.95. The monoisotopic (exact) mass is 552 g/mol. The number of esters is 1. The van der Waals surface area contributed by atoms with Gasteiger partial charge in [0.1, 0.15) is 11.5 Å². The van der Waals surface area contributed by atoms with Gasteiger partial charge < -0.3 is 14.2 Å². The summed E-state index contributed by atoms with van der Waals surface area (Å²) in [6.07, 6.45) is -3.50. The number of methoxy groups -OCH3 is 2. The molecule has 0 bridgehead atoms. The molecule has 0 spiro atoms. The fourth-order valence-corrected chi connectivity index (χ4v) is 5.00. The van der Waals surface area contributed by atoms with Gasteiger partial charge >= 0.3 is 12.1 Å². The largest absolute Gasteiger partial charge is 0.497 e. The van der Waals surface area contributed by atoms with Crippen molar-refractivity contribution in [2.24, 2.45) is 4.99 Å². The number of aromatic nitrogens is 1. The van der Waals surface area contributed by atoms with Crippen LogP contribution in [-0.4, -0.2) is 37.5 Å². The lowest BCUT2D eigenvalue weighted by Crippen LogP contribution is -2.41. The molecular weight excluding hydrogens is 533 g/mol. The first kappa shape index (κ1) is 26.5. The number of fused-ring (bicyclic) bond motifs is 1. The van der Waals surface area contributed by atoms with E-state index in [9.17, 15) is 22.8 Å². The number of benzene rings is 2. The van der Waals surface area contributed by atoms with Crippen molar-refractivity contribution in [1.82, 2.24) is 4.57 Å². The number of hydrogen-bond acceptors (Lipinski definition) is 7. The Morgan fingerprint density at radius 1 is 1.16 bits per heavy atom. The lowest BCUT2D eigenvalue weighted by Gasteiger charge is -2.26. The maximum atomic E-state index is 14.2. The summed E-state index contributed by atoms with van der Waals surface area (Å²) in [4.78, 5) is 30.0. The molecule has 2 aromatic carbocycles. The predicted molar refractivity (Wildman–Crippen MR) is 132 cm³/mol. The summed E-state index contributed by atoms with van der Waals surface area (Å²) in [7, 11) is 2.93. The van der Waals surface area contributed by atoms with Gasteiger partial charge in [-0.1, -0.05) is 35.1 Å². The first-order valence-corrected chi connectivity index (χ1v) is 12.1. The number of carbonyl (C=O) groups excluding carboxylic acids is 1. The van der Waals surface area contributed by atoms with Crippen LogP contribution in [0.5, 0.6) is 11.5 Å². The van der Waals surface area contributed by atoms with E-state index >= 15 is 0 Å². The first-order chi connectivity index (χ1) is 17.6. The SMILES string of the molecule is CCOC(=O)C1=C(C(F)(F)F)N=c2s/c(=C\c3ccc(OC)cc3OC)c(=O)n2[C@H]1c1ccc(Cl)cc1. The molecule has 7 nitrogen and oxygen atoms in total. The number of rotatable bonds is 6. The van der Waals surface area contributed by atoms with E-state index in [4.69, 9.17) is 25.8 Å². The summed E-state index contributed by atoms with van der Waals surface area (Å²) in [5.74, 6) is -0.306. The Bertz CT molecular complexity index is 1560. The highest BCUT2D eigenvalue weighted by Crippen LogP contribution is 2.38. The molecule has 194 valence electrons. The van der Waals surface area contributed by atoms with Gasteiger partial charge in [0.05, 0.1) is 37.0 Å². The van der Waals surface area contributed by atoms with Crippen LogP contribution in [0.15, 0.2) is 63.5 Å². The van der Waals surface area contributed by atoms with Crippen LogP contribution in [0.3, 0.4) is 0 Å². The van der Waals surface area contributed by atoms with Gasteiger partial charge in [-0.25, -0.2) is 9.79 Å². The number of halogens is 4. The predicted octanol–water partition coefficient (Wildman–Crippen LogP) is 4.01. The Hall–Kier alpha value is -3.57. The van der Waals surface area contributed by atoms with Crippen LogP contribution in [0.4, 0.5) is 13.2 Å². The van der Waals surface area contributed by atoms with E-state index < -0.39 is 35.0 Å². The van der Waals surface area contributed by atoms with Crippen molar-refractivity contribution >= 4 is 35.0 Å². The van der Waals surface area contributed by atoms with E-state index in [0.29, 0.717) is 22.1 Å².